The fraction of sp³-hybridized carbons (Fsp3) is 0.229. The number of amides is 2. The first-order valence-corrected chi connectivity index (χ1v) is 14.4. The first kappa shape index (κ1) is 28.0. The zero-order valence-electron chi connectivity index (χ0n) is 23.5. The summed E-state index contributed by atoms with van der Waals surface area (Å²) in [5.74, 6) is -1.34. The van der Waals surface area contributed by atoms with Gasteiger partial charge >= 0.3 is 18.2 Å². The van der Waals surface area contributed by atoms with Gasteiger partial charge in [0.1, 0.15) is 19.3 Å². The highest BCUT2D eigenvalue weighted by Gasteiger charge is 2.31. The van der Waals surface area contributed by atoms with Gasteiger partial charge in [0.25, 0.3) is 0 Å². The topological polar surface area (TPSA) is 114 Å². The minimum atomic E-state index is -1.17. The van der Waals surface area contributed by atoms with Gasteiger partial charge in [-0.25, -0.2) is 14.4 Å². The maximum absolute atomic E-state index is 12.6. The molecule has 1 unspecified atom stereocenters. The summed E-state index contributed by atoms with van der Waals surface area (Å²) in [4.78, 5) is 36.8. The van der Waals surface area contributed by atoms with Crippen molar-refractivity contribution in [2.45, 2.75) is 30.7 Å². The van der Waals surface area contributed by atoms with Crippen LogP contribution in [0.25, 0.3) is 22.3 Å². The van der Waals surface area contributed by atoms with Gasteiger partial charge in [0, 0.05) is 18.4 Å². The van der Waals surface area contributed by atoms with Crippen LogP contribution in [0.2, 0.25) is 0 Å². The Morgan fingerprint density at radius 2 is 1.02 bits per heavy atom. The number of alkyl carbamates (subject to hydrolysis) is 2. The van der Waals surface area contributed by atoms with Crippen molar-refractivity contribution in [3.05, 3.63) is 119 Å². The summed E-state index contributed by atoms with van der Waals surface area (Å²) in [6.07, 6.45) is -0.925. The fourth-order valence-electron chi connectivity index (χ4n) is 6.19. The van der Waals surface area contributed by atoms with Gasteiger partial charge in [-0.15, -0.1) is 0 Å². The van der Waals surface area contributed by atoms with Gasteiger partial charge in [-0.2, -0.15) is 0 Å². The number of nitrogens with one attached hydrogen (secondary N) is 2. The van der Waals surface area contributed by atoms with E-state index < -0.39 is 24.2 Å². The Hall–Kier alpha value is -5.11. The standard InChI is InChI=1S/C35H32N2O6/c38-33(39)32(37-35(41)43-21-31-28-16-7-3-12-24(28)25-13-4-8-17-29(25)31)18-9-19-36-34(40)42-20-30-26-14-5-1-10-22(26)23-11-2-6-15-27(23)30/h1-8,10-17,30-32H,9,18-21H2,(H,36,40)(H,37,41)(H,38,39). The van der Waals surface area contributed by atoms with Crippen LogP contribution < -0.4 is 10.6 Å². The Balaban J connectivity index is 0.954. The molecular weight excluding hydrogens is 544 g/mol. The maximum Gasteiger partial charge on any atom is 0.407 e. The highest BCUT2D eigenvalue weighted by atomic mass is 16.6. The maximum atomic E-state index is 12.6. The van der Waals surface area contributed by atoms with Crippen LogP contribution in [0.15, 0.2) is 97.1 Å². The average molecular weight is 577 g/mol. The number of fused-ring (bicyclic) bond motifs is 6. The molecule has 0 bridgehead atoms. The lowest BCUT2D eigenvalue weighted by atomic mass is 9.98. The molecule has 0 aromatic heterocycles. The molecular formula is C35H32N2O6. The van der Waals surface area contributed by atoms with E-state index in [0.717, 1.165) is 44.5 Å². The summed E-state index contributed by atoms with van der Waals surface area (Å²) in [5.41, 5.74) is 8.92. The second-order valence-corrected chi connectivity index (χ2v) is 10.8. The molecule has 0 radical (unpaired) electrons. The zero-order chi connectivity index (χ0) is 29.8. The molecule has 0 spiro atoms. The van der Waals surface area contributed by atoms with E-state index in [4.69, 9.17) is 9.47 Å². The van der Waals surface area contributed by atoms with Crippen LogP contribution in [0, 0.1) is 0 Å². The van der Waals surface area contributed by atoms with Gasteiger partial charge in [0.05, 0.1) is 0 Å². The molecule has 1 atom stereocenters. The quantitative estimate of drug-likeness (QED) is 0.191. The molecule has 2 aliphatic carbocycles. The SMILES string of the molecule is O=C(NCCCC(NC(=O)OCC1c2ccccc2-c2ccccc21)C(=O)O)OCC1c2ccccc2-c2ccccc21. The normalized spacial score (nSPS) is 13.7. The minimum Gasteiger partial charge on any atom is -0.480 e. The number of carboxylic acids is 1. The number of aliphatic carboxylic acids is 1. The number of ether oxygens (including phenoxy) is 2. The summed E-state index contributed by atoms with van der Waals surface area (Å²) in [7, 11) is 0. The number of carboxylic acid groups (broad SMARTS) is 1. The van der Waals surface area contributed by atoms with Crippen LogP contribution in [0.4, 0.5) is 9.59 Å². The Bertz CT molecular complexity index is 1580. The van der Waals surface area contributed by atoms with E-state index in [2.05, 4.69) is 34.9 Å². The second kappa shape index (κ2) is 12.4. The Morgan fingerprint density at radius 3 is 1.44 bits per heavy atom. The van der Waals surface area contributed by atoms with E-state index >= 15 is 0 Å². The van der Waals surface area contributed by atoms with Crippen molar-refractivity contribution in [2.75, 3.05) is 19.8 Å². The van der Waals surface area contributed by atoms with E-state index in [0.29, 0.717) is 6.42 Å². The second-order valence-electron chi connectivity index (χ2n) is 10.8. The van der Waals surface area contributed by atoms with Crippen molar-refractivity contribution < 1.29 is 29.0 Å². The molecule has 2 amide bonds. The summed E-state index contributed by atoms with van der Waals surface area (Å²) in [6, 6.07) is 31.0. The average Bonchev–Trinajstić information content (AvgIpc) is 3.53. The number of benzene rings is 4. The van der Waals surface area contributed by atoms with Gasteiger partial charge in [0.15, 0.2) is 0 Å². The predicted molar refractivity (Wildman–Crippen MR) is 162 cm³/mol. The van der Waals surface area contributed by atoms with Crippen LogP contribution >= 0.6 is 0 Å². The van der Waals surface area contributed by atoms with Gasteiger partial charge in [-0.05, 0) is 57.3 Å². The minimum absolute atomic E-state index is 0.0454. The number of carbonyl (C=O) groups excluding carboxylic acids is 2. The van der Waals surface area contributed by atoms with Crippen LogP contribution in [0.3, 0.4) is 0 Å². The molecule has 0 saturated heterocycles. The summed E-state index contributed by atoms with van der Waals surface area (Å²) in [6.45, 7) is 0.489. The van der Waals surface area contributed by atoms with Crippen molar-refractivity contribution >= 4 is 18.2 Å². The first-order valence-electron chi connectivity index (χ1n) is 14.4. The molecule has 218 valence electrons. The molecule has 6 rings (SSSR count). The van der Waals surface area contributed by atoms with Crippen LogP contribution in [-0.2, 0) is 14.3 Å². The largest absolute Gasteiger partial charge is 0.480 e. The lowest BCUT2D eigenvalue weighted by Gasteiger charge is -2.18. The van der Waals surface area contributed by atoms with Crippen LogP contribution in [0.5, 0.6) is 0 Å². The summed E-state index contributed by atoms with van der Waals surface area (Å²) < 4.78 is 11.0. The molecule has 43 heavy (non-hydrogen) atoms. The van der Waals surface area contributed by atoms with E-state index in [1.807, 2.05) is 72.8 Å². The third kappa shape index (κ3) is 5.81. The first-order chi connectivity index (χ1) is 21.0. The number of hydrogen-bond acceptors (Lipinski definition) is 5. The van der Waals surface area contributed by atoms with E-state index in [-0.39, 0.29) is 38.0 Å². The molecule has 2 aliphatic rings. The Kier molecular flexibility index (Phi) is 8.09. The van der Waals surface area contributed by atoms with Gasteiger partial charge in [0.2, 0.25) is 0 Å². The molecule has 0 aliphatic heterocycles. The number of rotatable bonds is 10. The summed E-state index contributed by atoms with van der Waals surface area (Å²) >= 11 is 0. The lowest BCUT2D eigenvalue weighted by molar-refractivity contribution is -0.139. The van der Waals surface area contributed by atoms with Crippen molar-refractivity contribution in [1.29, 1.82) is 0 Å². The van der Waals surface area contributed by atoms with Crippen LogP contribution in [-0.4, -0.2) is 49.1 Å². The monoisotopic (exact) mass is 576 g/mol. The molecule has 0 saturated carbocycles. The molecule has 0 fully saturated rings. The number of carbonyl (C=O) groups is 3. The third-order valence-corrected chi connectivity index (χ3v) is 8.22. The van der Waals surface area contributed by atoms with Crippen molar-refractivity contribution in [3.63, 3.8) is 0 Å². The third-order valence-electron chi connectivity index (χ3n) is 8.22. The van der Waals surface area contributed by atoms with Crippen molar-refractivity contribution in [1.82, 2.24) is 10.6 Å². The van der Waals surface area contributed by atoms with Gasteiger partial charge < -0.3 is 25.2 Å². The van der Waals surface area contributed by atoms with Gasteiger partial charge in [-0.3, -0.25) is 0 Å². The van der Waals surface area contributed by atoms with Gasteiger partial charge in [-0.1, -0.05) is 97.1 Å². The molecule has 4 aromatic rings. The van der Waals surface area contributed by atoms with Crippen LogP contribution in [0.1, 0.15) is 46.9 Å². The Labute approximate surface area is 249 Å². The fourth-order valence-corrected chi connectivity index (χ4v) is 6.19. The highest BCUT2D eigenvalue weighted by molar-refractivity contribution is 5.81. The smallest absolute Gasteiger partial charge is 0.407 e. The Morgan fingerprint density at radius 1 is 0.628 bits per heavy atom. The molecule has 8 nitrogen and oxygen atoms in total. The molecule has 0 heterocycles. The molecule has 8 heteroatoms. The van der Waals surface area contributed by atoms with Crippen molar-refractivity contribution in [2.24, 2.45) is 0 Å². The highest BCUT2D eigenvalue weighted by Crippen LogP contribution is 2.45. The predicted octanol–water partition coefficient (Wildman–Crippen LogP) is 6.30. The van der Waals surface area contributed by atoms with E-state index in [1.54, 1.807) is 0 Å². The molecule has 3 N–H and O–H groups in total. The van der Waals surface area contributed by atoms with E-state index in [9.17, 15) is 19.5 Å². The lowest BCUT2D eigenvalue weighted by Crippen LogP contribution is -2.42. The summed E-state index contributed by atoms with van der Waals surface area (Å²) in [5, 5.41) is 14.8. The zero-order valence-corrected chi connectivity index (χ0v) is 23.5. The van der Waals surface area contributed by atoms with Crippen molar-refractivity contribution in [3.8, 4) is 22.3 Å². The molecule has 4 aromatic carbocycles. The van der Waals surface area contributed by atoms with E-state index in [1.165, 1.54) is 0 Å². The number of hydrogen-bond donors (Lipinski definition) is 3.